The maximum atomic E-state index is 12.4. The normalized spacial score (nSPS) is 18.4. The first-order chi connectivity index (χ1) is 8.86. The lowest BCUT2D eigenvalue weighted by Gasteiger charge is -2.28. The van der Waals surface area contributed by atoms with Crippen LogP contribution in [0.15, 0.2) is 33.6 Å². The lowest BCUT2D eigenvalue weighted by Crippen LogP contribution is -2.54. The quantitative estimate of drug-likeness (QED) is 0.806. The Morgan fingerprint density at radius 3 is 2.26 bits per heavy atom. The summed E-state index contributed by atoms with van der Waals surface area (Å²) >= 11 is 8.33. The summed E-state index contributed by atoms with van der Waals surface area (Å²) in [5, 5.41) is 0. The summed E-state index contributed by atoms with van der Waals surface area (Å²) in [7, 11) is -3.60. The molecule has 7 heteroatoms. The molecule has 1 aromatic rings. The van der Waals surface area contributed by atoms with Gasteiger partial charge in [-0.25, -0.2) is 8.42 Å². The van der Waals surface area contributed by atoms with Crippen LogP contribution in [0, 0.1) is 0 Å². The highest BCUT2D eigenvalue weighted by Crippen LogP contribution is 2.31. The monoisotopic (exact) mass is 362 g/mol. The van der Waals surface area contributed by atoms with Crippen molar-refractivity contribution in [2.45, 2.75) is 36.1 Å². The molecule has 0 spiro atoms. The Bertz CT molecular complexity index is 578. The van der Waals surface area contributed by atoms with Gasteiger partial charge in [0.1, 0.15) is 0 Å². The molecule has 1 aliphatic rings. The van der Waals surface area contributed by atoms with Crippen LogP contribution in [0.2, 0.25) is 0 Å². The molecule has 1 saturated carbocycles. The van der Waals surface area contributed by atoms with Crippen molar-refractivity contribution in [3.05, 3.63) is 28.7 Å². The van der Waals surface area contributed by atoms with Gasteiger partial charge in [-0.05, 0) is 37.1 Å². The van der Waals surface area contributed by atoms with Gasteiger partial charge < -0.3 is 5.73 Å². The minimum atomic E-state index is -3.60. The van der Waals surface area contributed by atoms with Crippen molar-refractivity contribution in [3.63, 3.8) is 0 Å². The Kier molecular flexibility index (Phi) is 4.29. The molecule has 0 saturated heterocycles. The van der Waals surface area contributed by atoms with E-state index >= 15 is 0 Å². The summed E-state index contributed by atoms with van der Waals surface area (Å²) in [4.78, 5) is 0.448. The van der Waals surface area contributed by atoms with E-state index in [1.807, 2.05) is 0 Å². The Morgan fingerprint density at radius 1 is 1.26 bits per heavy atom. The van der Waals surface area contributed by atoms with Gasteiger partial charge in [-0.15, -0.1) is 0 Å². The van der Waals surface area contributed by atoms with Crippen LogP contribution >= 0.6 is 28.1 Å². The number of hydrogen-bond donors (Lipinski definition) is 2. The highest BCUT2D eigenvalue weighted by atomic mass is 79.9. The third-order valence-corrected chi connectivity index (χ3v) is 5.85. The molecule has 2 rings (SSSR count). The van der Waals surface area contributed by atoms with Gasteiger partial charge in [0.05, 0.1) is 15.4 Å². The first-order valence-electron chi connectivity index (χ1n) is 5.95. The maximum Gasteiger partial charge on any atom is 0.241 e. The number of sulfonamides is 1. The summed E-state index contributed by atoms with van der Waals surface area (Å²) in [6.07, 6.45) is 3.19. The zero-order valence-electron chi connectivity index (χ0n) is 10.2. The summed E-state index contributed by atoms with van der Waals surface area (Å²) in [6.45, 7) is 0. The Balaban J connectivity index is 2.30. The van der Waals surface area contributed by atoms with Crippen LogP contribution in [-0.2, 0) is 10.0 Å². The van der Waals surface area contributed by atoms with E-state index < -0.39 is 15.6 Å². The molecule has 1 aliphatic carbocycles. The molecule has 4 nitrogen and oxygen atoms in total. The van der Waals surface area contributed by atoms with Gasteiger partial charge in [0.15, 0.2) is 0 Å². The van der Waals surface area contributed by atoms with Crippen molar-refractivity contribution in [2.24, 2.45) is 5.73 Å². The smallest absolute Gasteiger partial charge is 0.241 e. The van der Waals surface area contributed by atoms with Gasteiger partial charge in [0, 0.05) is 4.47 Å². The topological polar surface area (TPSA) is 72.2 Å². The Hall–Kier alpha value is -0.500. The van der Waals surface area contributed by atoms with E-state index in [2.05, 4.69) is 20.7 Å². The van der Waals surface area contributed by atoms with Crippen LogP contribution in [0.5, 0.6) is 0 Å². The van der Waals surface area contributed by atoms with Crippen LogP contribution in [0.25, 0.3) is 0 Å². The van der Waals surface area contributed by atoms with Gasteiger partial charge >= 0.3 is 0 Å². The fourth-order valence-corrected chi connectivity index (χ4v) is 4.33. The van der Waals surface area contributed by atoms with Crippen molar-refractivity contribution in [3.8, 4) is 0 Å². The number of thiocarbonyl (C=S) groups is 1. The van der Waals surface area contributed by atoms with E-state index in [-0.39, 0.29) is 9.88 Å². The number of nitrogens with one attached hydrogen (secondary N) is 1. The highest BCUT2D eigenvalue weighted by molar-refractivity contribution is 9.10. The predicted octanol–water partition coefficient (Wildman–Crippen LogP) is 2.33. The van der Waals surface area contributed by atoms with Crippen molar-refractivity contribution in [1.82, 2.24) is 4.72 Å². The summed E-state index contributed by atoms with van der Waals surface area (Å²) < 4.78 is 28.3. The van der Waals surface area contributed by atoms with E-state index in [1.165, 1.54) is 0 Å². The summed E-state index contributed by atoms with van der Waals surface area (Å²) in [5.41, 5.74) is 4.98. The molecule has 19 heavy (non-hydrogen) atoms. The van der Waals surface area contributed by atoms with Crippen molar-refractivity contribution in [2.75, 3.05) is 0 Å². The molecule has 104 valence electrons. The molecule has 0 atom stereocenters. The molecule has 0 unspecified atom stereocenters. The molecule has 0 bridgehead atoms. The second-order valence-corrected chi connectivity index (χ2v) is 7.75. The first-order valence-corrected chi connectivity index (χ1v) is 8.64. The molecule has 0 aliphatic heterocycles. The van der Waals surface area contributed by atoms with Gasteiger partial charge in [-0.3, -0.25) is 0 Å². The third kappa shape index (κ3) is 3.16. The van der Waals surface area contributed by atoms with E-state index in [0.29, 0.717) is 12.8 Å². The average Bonchev–Trinajstić information content (AvgIpc) is 2.78. The van der Waals surface area contributed by atoms with E-state index in [4.69, 9.17) is 18.0 Å². The maximum absolute atomic E-state index is 12.4. The fourth-order valence-electron chi connectivity index (χ4n) is 2.31. The second-order valence-electron chi connectivity index (χ2n) is 4.71. The van der Waals surface area contributed by atoms with Crippen LogP contribution in [0.4, 0.5) is 0 Å². The third-order valence-electron chi connectivity index (χ3n) is 3.38. The van der Waals surface area contributed by atoms with Gasteiger partial charge in [0.25, 0.3) is 0 Å². The molecule has 1 aromatic carbocycles. The standard InChI is InChI=1S/C12H15BrN2O2S2/c13-9-3-5-10(6-4-9)19(16,17)15-12(11(14)18)7-1-2-8-12/h3-6,15H,1-2,7-8H2,(H2,14,18). The minimum absolute atomic E-state index is 0.221. The minimum Gasteiger partial charge on any atom is -0.392 e. The average molecular weight is 363 g/mol. The molecular formula is C12H15BrN2O2S2. The number of rotatable bonds is 4. The Labute approximate surface area is 126 Å². The zero-order valence-corrected chi connectivity index (χ0v) is 13.4. The molecule has 0 aromatic heterocycles. The lowest BCUT2D eigenvalue weighted by atomic mass is 10.00. The Morgan fingerprint density at radius 2 is 1.79 bits per heavy atom. The largest absolute Gasteiger partial charge is 0.392 e. The van der Waals surface area contributed by atoms with Crippen molar-refractivity contribution < 1.29 is 8.42 Å². The summed E-state index contributed by atoms with van der Waals surface area (Å²) in [5.74, 6) is 0. The van der Waals surface area contributed by atoms with Crippen LogP contribution in [0.3, 0.4) is 0 Å². The van der Waals surface area contributed by atoms with E-state index in [0.717, 1.165) is 17.3 Å². The molecule has 1 fully saturated rings. The second kappa shape index (κ2) is 5.47. The number of hydrogen-bond acceptors (Lipinski definition) is 3. The van der Waals surface area contributed by atoms with Crippen LogP contribution < -0.4 is 10.5 Å². The molecular weight excluding hydrogens is 348 g/mol. The molecule has 3 N–H and O–H groups in total. The number of halogens is 1. The van der Waals surface area contributed by atoms with E-state index in [9.17, 15) is 8.42 Å². The van der Waals surface area contributed by atoms with Crippen LogP contribution in [0.1, 0.15) is 25.7 Å². The predicted molar refractivity (Wildman–Crippen MR) is 82.4 cm³/mol. The zero-order chi connectivity index (χ0) is 14.1. The SMILES string of the molecule is NC(=S)C1(NS(=O)(=O)c2ccc(Br)cc2)CCCC1. The first kappa shape index (κ1) is 14.9. The number of benzene rings is 1. The fraction of sp³-hybridized carbons (Fsp3) is 0.417. The van der Waals surface area contributed by atoms with Crippen LogP contribution in [-0.4, -0.2) is 18.9 Å². The van der Waals surface area contributed by atoms with Gasteiger partial charge in [-0.1, -0.05) is 41.0 Å². The molecule has 0 amide bonds. The summed E-state index contributed by atoms with van der Waals surface area (Å²) in [6, 6.07) is 6.48. The molecule has 0 radical (unpaired) electrons. The highest BCUT2D eigenvalue weighted by Gasteiger charge is 2.40. The van der Waals surface area contributed by atoms with Crippen molar-refractivity contribution >= 4 is 43.2 Å². The van der Waals surface area contributed by atoms with E-state index in [1.54, 1.807) is 24.3 Å². The van der Waals surface area contributed by atoms with Gasteiger partial charge in [0.2, 0.25) is 10.0 Å². The number of nitrogens with two attached hydrogens (primary N) is 1. The van der Waals surface area contributed by atoms with Gasteiger partial charge in [-0.2, -0.15) is 4.72 Å². The van der Waals surface area contributed by atoms with Crippen molar-refractivity contribution in [1.29, 1.82) is 0 Å². The molecule has 0 heterocycles. The lowest BCUT2D eigenvalue weighted by molar-refractivity contribution is 0.503.